The molecule has 2 atom stereocenters. The molecule has 0 saturated carbocycles. The average molecular weight is 264 g/mol. The second-order valence-electron chi connectivity index (χ2n) is 5.69. The fraction of sp³-hybridized carbons (Fsp3) is 0.600. The minimum Gasteiger partial charge on any atom is -0.391 e. The van der Waals surface area contributed by atoms with Gasteiger partial charge >= 0.3 is 0 Å². The summed E-state index contributed by atoms with van der Waals surface area (Å²) in [6, 6.07) is 6.03. The summed E-state index contributed by atoms with van der Waals surface area (Å²) in [5.74, 6) is -0.305. The summed E-state index contributed by atoms with van der Waals surface area (Å²) >= 11 is 0. The number of fused-ring (bicyclic) bond motifs is 1. The van der Waals surface area contributed by atoms with Gasteiger partial charge in [-0.15, -0.1) is 0 Å². The van der Waals surface area contributed by atoms with Crippen LogP contribution in [0.1, 0.15) is 25.3 Å². The van der Waals surface area contributed by atoms with Gasteiger partial charge in [-0.05, 0) is 38.4 Å². The molecule has 0 aliphatic carbocycles. The molecule has 0 bridgehead atoms. The maximum Gasteiger partial charge on any atom is 0.130 e. The highest BCUT2D eigenvalue weighted by atomic mass is 19.1. The van der Waals surface area contributed by atoms with Crippen molar-refractivity contribution in [1.29, 1.82) is 0 Å². The Bertz CT molecular complexity index is 465. The molecule has 1 aromatic rings. The highest BCUT2D eigenvalue weighted by Gasteiger charge is 2.35. The van der Waals surface area contributed by atoms with E-state index in [0.717, 1.165) is 18.8 Å². The molecule has 3 rings (SSSR count). The van der Waals surface area contributed by atoms with Gasteiger partial charge in [-0.3, -0.25) is 4.90 Å². The van der Waals surface area contributed by atoms with Gasteiger partial charge in [0.15, 0.2) is 0 Å². The van der Waals surface area contributed by atoms with Gasteiger partial charge in [-0.2, -0.15) is 0 Å². The third-order valence-electron chi connectivity index (χ3n) is 4.50. The number of piperazine rings is 1. The van der Waals surface area contributed by atoms with Crippen molar-refractivity contribution >= 4 is 5.69 Å². The van der Waals surface area contributed by atoms with Crippen molar-refractivity contribution in [3.8, 4) is 0 Å². The van der Waals surface area contributed by atoms with E-state index in [0.29, 0.717) is 17.6 Å². The molecule has 3 nitrogen and oxygen atoms in total. The van der Waals surface area contributed by atoms with E-state index in [1.165, 1.54) is 25.5 Å². The first-order valence-corrected chi connectivity index (χ1v) is 7.09. The molecule has 0 spiro atoms. The number of anilines is 1. The Hall–Kier alpha value is -1.13. The van der Waals surface area contributed by atoms with Crippen molar-refractivity contribution in [2.45, 2.75) is 38.5 Å². The predicted octanol–water partition coefficient (Wildman–Crippen LogP) is 1.99. The number of halogens is 1. The highest BCUT2D eigenvalue weighted by molar-refractivity contribution is 5.55. The lowest BCUT2D eigenvalue weighted by Crippen LogP contribution is -2.55. The molecule has 0 aromatic heterocycles. The Morgan fingerprint density at radius 3 is 3.00 bits per heavy atom. The molecule has 2 aliphatic heterocycles. The van der Waals surface area contributed by atoms with Crippen molar-refractivity contribution in [2.24, 2.45) is 0 Å². The second-order valence-corrected chi connectivity index (χ2v) is 5.69. The first kappa shape index (κ1) is 12.9. The Labute approximate surface area is 113 Å². The van der Waals surface area contributed by atoms with Gasteiger partial charge in [-0.1, -0.05) is 6.07 Å². The number of benzene rings is 1. The monoisotopic (exact) mass is 264 g/mol. The number of rotatable bonds is 2. The molecule has 2 heterocycles. The summed E-state index contributed by atoms with van der Waals surface area (Å²) in [6.07, 6.45) is 2.49. The Kier molecular flexibility index (Phi) is 3.46. The van der Waals surface area contributed by atoms with Crippen LogP contribution >= 0.6 is 0 Å². The normalized spacial score (nSPS) is 27.6. The highest BCUT2D eigenvalue weighted by Crippen LogP contribution is 2.31. The van der Waals surface area contributed by atoms with Gasteiger partial charge in [0.25, 0.3) is 0 Å². The first-order chi connectivity index (χ1) is 9.20. The van der Waals surface area contributed by atoms with Gasteiger partial charge in [0.05, 0.1) is 6.61 Å². The van der Waals surface area contributed by atoms with E-state index in [2.05, 4.69) is 16.7 Å². The third kappa shape index (κ3) is 2.23. The van der Waals surface area contributed by atoms with Gasteiger partial charge in [0, 0.05) is 36.4 Å². The van der Waals surface area contributed by atoms with Crippen LogP contribution in [0.25, 0.3) is 0 Å². The fourth-order valence-corrected chi connectivity index (χ4v) is 3.50. The summed E-state index contributed by atoms with van der Waals surface area (Å²) in [5, 5.41) is 9.43. The van der Waals surface area contributed by atoms with Crippen LogP contribution in [-0.2, 0) is 6.61 Å². The third-order valence-corrected chi connectivity index (χ3v) is 4.50. The largest absolute Gasteiger partial charge is 0.391 e. The summed E-state index contributed by atoms with van der Waals surface area (Å²) < 4.78 is 13.8. The Morgan fingerprint density at radius 2 is 2.21 bits per heavy atom. The molecule has 2 saturated heterocycles. The standard InChI is InChI=1S/C15H21FN2O/c1-11-8-17-7-3-4-12(17)9-18(11)15-6-2-5-14(16)13(15)10-19/h2,5-6,11-12,19H,3-4,7-10H2,1H3. The van der Waals surface area contributed by atoms with E-state index in [-0.39, 0.29) is 12.4 Å². The molecule has 19 heavy (non-hydrogen) atoms. The van der Waals surface area contributed by atoms with E-state index in [1.54, 1.807) is 6.07 Å². The zero-order valence-electron chi connectivity index (χ0n) is 11.3. The number of aliphatic hydroxyl groups is 1. The Balaban J connectivity index is 1.91. The van der Waals surface area contributed by atoms with Crippen LogP contribution in [0, 0.1) is 5.82 Å². The molecule has 2 fully saturated rings. The number of hydrogen-bond acceptors (Lipinski definition) is 3. The molecule has 104 valence electrons. The maximum absolute atomic E-state index is 13.8. The lowest BCUT2D eigenvalue weighted by molar-refractivity contribution is 0.202. The predicted molar refractivity (Wildman–Crippen MR) is 73.7 cm³/mol. The lowest BCUT2D eigenvalue weighted by atomic mass is 10.0. The molecule has 0 amide bonds. The van der Waals surface area contributed by atoms with Gasteiger partial charge in [-0.25, -0.2) is 4.39 Å². The fourth-order valence-electron chi connectivity index (χ4n) is 3.50. The molecule has 0 radical (unpaired) electrons. The van der Waals surface area contributed by atoms with Gasteiger partial charge in [0.1, 0.15) is 5.82 Å². The lowest BCUT2D eigenvalue weighted by Gasteiger charge is -2.44. The zero-order chi connectivity index (χ0) is 13.4. The molecular formula is C15H21FN2O. The topological polar surface area (TPSA) is 26.7 Å². The smallest absolute Gasteiger partial charge is 0.130 e. The molecule has 1 aromatic carbocycles. The second kappa shape index (κ2) is 5.10. The maximum atomic E-state index is 13.8. The molecule has 2 aliphatic rings. The summed E-state index contributed by atoms with van der Waals surface area (Å²) in [4.78, 5) is 4.81. The van der Waals surface area contributed by atoms with Crippen LogP contribution in [-0.4, -0.2) is 41.7 Å². The van der Waals surface area contributed by atoms with Crippen molar-refractivity contribution in [2.75, 3.05) is 24.5 Å². The number of aliphatic hydroxyl groups excluding tert-OH is 1. The first-order valence-electron chi connectivity index (χ1n) is 7.09. The Morgan fingerprint density at radius 1 is 1.37 bits per heavy atom. The minimum absolute atomic E-state index is 0.237. The van der Waals surface area contributed by atoms with Crippen LogP contribution in [0.5, 0.6) is 0 Å². The van der Waals surface area contributed by atoms with Crippen LogP contribution in [0.2, 0.25) is 0 Å². The van der Waals surface area contributed by atoms with Crippen molar-refractivity contribution in [3.05, 3.63) is 29.6 Å². The van der Waals surface area contributed by atoms with E-state index in [1.807, 2.05) is 6.07 Å². The summed E-state index contributed by atoms with van der Waals surface area (Å²) in [5.41, 5.74) is 1.29. The van der Waals surface area contributed by atoms with E-state index in [4.69, 9.17) is 0 Å². The average Bonchev–Trinajstić information content (AvgIpc) is 2.84. The van der Waals surface area contributed by atoms with Crippen molar-refractivity contribution in [3.63, 3.8) is 0 Å². The summed E-state index contributed by atoms with van der Waals surface area (Å²) in [7, 11) is 0. The molecule has 4 heteroatoms. The number of nitrogens with zero attached hydrogens (tertiary/aromatic N) is 2. The van der Waals surface area contributed by atoms with E-state index < -0.39 is 0 Å². The summed E-state index contributed by atoms with van der Waals surface area (Å²) in [6.45, 7) is 5.11. The molecular weight excluding hydrogens is 243 g/mol. The molecule has 1 N–H and O–H groups in total. The molecule has 2 unspecified atom stereocenters. The zero-order valence-corrected chi connectivity index (χ0v) is 11.3. The SMILES string of the molecule is CC1CN2CCCC2CN1c1cccc(F)c1CO. The van der Waals surface area contributed by atoms with Crippen LogP contribution in [0.15, 0.2) is 18.2 Å². The van der Waals surface area contributed by atoms with E-state index >= 15 is 0 Å². The van der Waals surface area contributed by atoms with Gasteiger partial charge in [0.2, 0.25) is 0 Å². The van der Waals surface area contributed by atoms with Crippen LogP contribution in [0.4, 0.5) is 10.1 Å². The van der Waals surface area contributed by atoms with Crippen molar-refractivity contribution in [1.82, 2.24) is 4.90 Å². The number of hydrogen-bond donors (Lipinski definition) is 1. The quantitative estimate of drug-likeness (QED) is 0.885. The van der Waals surface area contributed by atoms with Crippen LogP contribution in [0.3, 0.4) is 0 Å². The van der Waals surface area contributed by atoms with E-state index in [9.17, 15) is 9.50 Å². The minimum atomic E-state index is -0.305. The van der Waals surface area contributed by atoms with Crippen molar-refractivity contribution < 1.29 is 9.50 Å². The van der Waals surface area contributed by atoms with Crippen LogP contribution < -0.4 is 4.90 Å². The van der Waals surface area contributed by atoms with Gasteiger partial charge < -0.3 is 10.0 Å².